The second kappa shape index (κ2) is 5.09. The van der Waals surface area contributed by atoms with E-state index in [1.807, 2.05) is 4.90 Å². The summed E-state index contributed by atoms with van der Waals surface area (Å²) in [5, 5.41) is 12.1. The zero-order valence-electron chi connectivity index (χ0n) is 9.15. The molecule has 0 atom stereocenters. The molecule has 4 nitrogen and oxygen atoms in total. The number of hydrogen-bond acceptors (Lipinski definition) is 3. The van der Waals surface area contributed by atoms with Gasteiger partial charge in [0.15, 0.2) is 0 Å². The highest BCUT2D eigenvalue weighted by Crippen LogP contribution is 2.08. The SMILES string of the molecule is O=C(c1ccc(CO)cc1)N1CCNCC1. The van der Waals surface area contributed by atoms with E-state index in [1.165, 1.54) is 0 Å². The van der Waals surface area contributed by atoms with E-state index in [1.54, 1.807) is 24.3 Å². The van der Waals surface area contributed by atoms with Gasteiger partial charge in [-0.2, -0.15) is 0 Å². The molecule has 1 aliphatic heterocycles. The van der Waals surface area contributed by atoms with Crippen LogP contribution in [0.5, 0.6) is 0 Å². The summed E-state index contributed by atoms with van der Waals surface area (Å²) >= 11 is 0. The molecular formula is C12H16N2O2. The van der Waals surface area contributed by atoms with Gasteiger partial charge in [-0.05, 0) is 17.7 Å². The second-order valence-corrected chi connectivity index (χ2v) is 3.90. The Morgan fingerprint density at radius 2 is 1.88 bits per heavy atom. The number of nitrogens with zero attached hydrogens (tertiary/aromatic N) is 1. The molecule has 1 aromatic carbocycles. The van der Waals surface area contributed by atoms with Gasteiger partial charge in [0.2, 0.25) is 0 Å². The van der Waals surface area contributed by atoms with Crippen LogP contribution in [0.2, 0.25) is 0 Å². The Balaban J connectivity index is 2.07. The van der Waals surface area contributed by atoms with Crippen LogP contribution >= 0.6 is 0 Å². The maximum absolute atomic E-state index is 12.0. The molecule has 0 aliphatic carbocycles. The predicted octanol–water partition coefficient (Wildman–Crippen LogP) is 0.224. The molecule has 4 heteroatoms. The second-order valence-electron chi connectivity index (χ2n) is 3.90. The van der Waals surface area contributed by atoms with Crippen molar-refractivity contribution < 1.29 is 9.90 Å². The van der Waals surface area contributed by atoms with Crippen molar-refractivity contribution in [2.24, 2.45) is 0 Å². The van der Waals surface area contributed by atoms with Crippen LogP contribution < -0.4 is 5.32 Å². The van der Waals surface area contributed by atoms with Gasteiger partial charge >= 0.3 is 0 Å². The van der Waals surface area contributed by atoms with Crippen LogP contribution in [-0.4, -0.2) is 42.1 Å². The van der Waals surface area contributed by atoms with Crippen LogP contribution in [0.3, 0.4) is 0 Å². The monoisotopic (exact) mass is 220 g/mol. The number of nitrogens with one attached hydrogen (secondary N) is 1. The molecule has 1 aromatic rings. The molecule has 1 fully saturated rings. The van der Waals surface area contributed by atoms with Crippen LogP contribution in [-0.2, 0) is 6.61 Å². The first-order chi connectivity index (χ1) is 7.81. The van der Waals surface area contributed by atoms with Gasteiger partial charge in [-0.3, -0.25) is 4.79 Å². The Kier molecular flexibility index (Phi) is 3.54. The molecule has 1 saturated heterocycles. The summed E-state index contributed by atoms with van der Waals surface area (Å²) in [6.45, 7) is 3.27. The smallest absolute Gasteiger partial charge is 0.253 e. The lowest BCUT2D eigenvalue weighted by Gasteiger charge is -2.27. The van der Waals surface area contributed by atoms with Crippen LogP contribution in [0.25, 0.3) is 0 Å². The van der Waals surface area contributed by atoms with Gasteiger partial charge in [0.05, 0.1) is 6.61 Å². The molecule has 0 spiro atoms. The van der Waals surface area contributed by atoms with Gasteiger partial charge < -0.3 is 15.3 Å². The standard InChI is InChI=1S/C12H16N2O2/c15-9-10-1-3-11(4-2-10)12(16)14-7-5-13-6-8-14/h1-4,13,15H,5-9H2. The van der Waals surface area contributed by atoms with Gasteiger partial charge in [0.1, 0.15) is 0 Å². The summed E-state index contributed by atoms with van der Waals surface area (Å²) in [6.07, 6.45) is 0. The molecule has 1 heterocycles. The number of amides is 1. The minimum atomic E-state index is 0.0160. The van der Waals surface area contributed by atoms with Crippen molar-refractivity contribution in [3.8, 4) is 0 Å². The first-order valence-corrected chi connectivity index (χ1v) is 5.51. The van der Waals surface area contributed by atoms with E-state index in [4.69, 9.17) is 5.11 Å². The fraction of sp³-hybridized carbons (Fsp3) is 0.417. The first-order valence-electron chi connectivity index (χ1n) is 5.51. The summed E-state index contributed by atoms with van der Waals surface area (Å²) < 4.78 is 0. The fourth-order valence-electron chi connectivity index (χ4n) is 1.80. The van der Waals surface area contributed by atoms with Crippen molar-refractivity contribution in [3.05, 3.63) is 35.4 Å². The Morgan fingerprint density at radius 3 is 2.44 bits per heavy atom. The average Bonchev–Trinajstić information content (AvgIpc) is 2.39. The molecule has 2 N–H and O–H groups in total. The molecular weight excluding hydrogens is 204 g/mol. The lowest BCUT2D eigenvalue weighted by Crippen LogP contribution is -2.46. The lowest BCUT2D eigenvalue weighted by molar-refractivity contribution is 0.0735. The number of carbonyl (C=O) groups excluding carboxylic acids is 1. The van der Waals surface area contributed by atoms with Crippen molar-refractivity contribution >= 4 is 5.91 Å². The Bertz CT molecular complexity index is 356. The maximum Gasteiger partial charge on any atom is 0.253 e. The van der Waals surface area contributed by atoms with Crippen molar-refractivity contribution in [2.75, 3.05) is 26.2 Å². The number of hydrogen-bond donors (Lipinski definition) is 2. The van der Waals surface area contributed by atoms with E-state index in [0.29, 0.717) is 5.56 Å². The number of benzene rings is 1. The molecule has 86 valence electrons. The number of piperazine rings is 1. The van der Waals surface area contributed by atoms with Gasteiger partial charge in [0, 0.05) is 31.7 Å². The third kappa shape index (κ3) is 2.40. The summed E-state index contributed by atoms with van der Waals surface area (Å²) in [4.78, 5) is 13.9. The largest absolute Gasteiger partial charge is 0.392 e. The molecule has 0 aromatic heterocycles. The summed E-state index contributed by atoms with van der Waals surface area (Å²) in [5.41, 5.74) is 1.52. The Morgan fingerprint density at radius 1 is 1.25 bits per heavy atom. The van der Waals surface area contributed by atoms with E-state index in [0.717, 1.165) is 31.7 Å². The summed E-state index contributed by atoms with van der Waals surface area (Å²) in [7, 11) is 0. The van der Waals surface area contributed by atoms with Gasteiger partial charge in [-0.25, -0.2) is 0 Å². The summed E-state index contributed by atoms with van der Waals surface area (Å²) in [6, 6.07) is 7.12. The van der Waals surface area contributed by atoms with Crippen LogP contribution in [0.4, 0.5) is 0 Å². The molecule has 0 saturated carbocycles. The Hall–Kier alpha value is -1.39. The minimum absolute atomic E-state index is 0.0160. The van der Waals surface area contributed by atoms with Crippen molar-refractivity contribution in [1.82, 2.24) is 10.2 Å². The van der Waals surface area contributed by atoms with Gasteiger partial charge in [-0.15, -0.1) is 0 Å². The highest BCUT2D eigenvalue weighted by Gasteiger charge is 2.17. The number of aliphatic hydroxyl groups is 1. The molecule has 0 radical (unpaired) electrons. The van der Waals surface area contributed by atoms with E-state index in [-0.39, 0.29) is 12.5 Å². The molecule has 16 heavy (non-hydrogen) atoms. The van der Waals surface area contributed by atoms with E-state index in [9.17, 15) is 4.79 Å². The zero-order chi connectivity index (χ0) is 11.4. The normalized spacial score (nSPS) is 16.2. The van der Waals surface area contributed by atoms with Gasteiger partial charge in [-0.1, -0.05) is 12.1 Å². The molecule has 0 bridgehead atoms. The van der Waals surface area contributed by atoms with Gasteiger partial charge in [0.25, 0.3) is 5.91 Å². The van der Waals surface area contributed by atoms with E-state index < -0.39 is 0 Å². The molecule has 0 unspecified atom stereocenters. The number of carbonyl (C=O) groups is 1. The first kappa shape index (κ1) is 11.1. The van der Waals surface area contributed by atoms with E-state index >= 15 is 0 Å². The highest BCUT2D eigenvalue weighted by atomic mass is 16.3. The molecule has 1 amide bonds. The lowest BCUT2D eigenvalue weighted by atomic mass is 10.1. The van der Waals surface area contributed by atoms with Crippen molar-refractivity contribution in [3.63, 3.8) is 0 Å². The third-order valence-corrected chi connectivity index (χ3v) is 2.79. The maximum atomic E-state index is 12.0. The highest BCUT2D eigenvalue weighted by molar-refractivity contribution is 5.94. The predicted molar refractivity (Wildman–Crippen MR) is 61.1 cm³/mol. The average molecular weight is 220 g/mol. The molecule has 1 aliphatic rings. The molecule has 2 rings (SSSR count). The van der Waals surface area contributed by atoms with Crippen molar-refractivity contribution in [2.45, 2.75) is 6.61 Å². The third-order valence-electron chi connectivity index (χ3n) is 2.79. The number of rotatable bonds is 2. The number of aliphatic hydroxyl groups excluding tert-OH is 1. The van der Waals surface area contributed by atoms with E-state index in [2.05, 4.69) is 5.32 Å². The fourth-order valence-corrected chi connectivity index (χ4v) is 1.80. The van der Waals surface area contributed by atoms with Crippen LogP contribution in [0.15, 0.2) is 24.3 Å². The topological polar surface area (TPSA) is 52.6 Å². The summed E-state index contributed by atoms with van der Waals surface area (Å²) in [5.74, 6) is 0.0750. The Labute approximate surface area is 94.9 Å². The minimum Gasteiger partial charge on any atom is -0.392 e. The van der Waals surface area contributed by atoms with Crippen LogP contribution in [0, 0.1) is 0 Å². The quantitative estimate of drug-likeness (QED) is 0.750. The zero-order valence-corrected chi connectivity index (χ0v) is 9.15. The van der Waals surface area contributed by atoms with Crippen LogP contribution in [0.1, 0.15) is 15.9 Å². The van der Waals surface area contributed by atoms with Crippen molar-refractivity contribution in [1.29, 1.82) is 0 Å².